The maximum absolute atomic E-state index is 12.2. The van der Waals surface area contributed by atoms with Gasteiger partial charge in [0, 0.05) is 32.1 Å². The lowest BCUT2D eigenvalue weighted by Gasteiger charge is -2.26. The van der Waals surface area contributed by atoms with Crippen LogP contribution in [0, 0.1) is 0 Å². The zero-order valence-corrected chi connectivity index (χ0v) is 14.3. The molecule has 7 heteroatoms. The summed E-state index contributed by atoms with van der Waals surface area (Å²) in [4.78, 5) is 16.0. The Morgan fingerprint density at radius 2 is 2.18 bits per heavy atom. The van der Waals surface area contributed by atoms with Gasteiger partial charge in [0.15, 0.2) is 6.23 Å². The molecule has 1 atom stereocenters. The summed E-state index contributed by atoms with van der Waals surface area (Å²) in [6.45, 7) is 2.11. The Kier molecular flexibility index (Phi) is 6.17. The monoisotopic (exact) mass is 345 g/mol. The van der Waals surface area contributed by atoms with Crippen LogP contribution in [0.15, 0.2) is 18.2 Å². The molecule has 0 bridgehead atoms. The van der Waals surface area contributed by atoms with Crippen molar-refractivity contribution in [1.82, 2.24) is 15.1 Å². The van der Waals surface area contributed by atoms with E-state index in [1.54, 1.807) is 23.1 Å². The number of urea groups is 1. The minimum atomic E-state index is -0.267. The van der Waals surface area contributed by atoms with Gasteiger partial charge in [-0.2, -0.15) is 0 Å². The van der Waals surface area contributed by atoms with Crippen LogP contribution in [0.3, 0.4) is 0 Å². The van der Waals surface area contributed by atoms with Gasteiger partial charge in [-0.1, -0.05) is 23.2 Å². The molecule has 0 spiro atoms. The van der Waals surface area contributed by atoms with E-state index in [1.165, 1.54) is 0 Å². The van der Waals surface area contributed by atoms with Crippen LogP contribution in [0.4, 0.5) is 4.79 Å². The van der Waals surface area contributed by atoms with Gasteiger partial charge in [-0.15, -0.1) is 0 Å². The van der Waals surface area contributed by atoms with E-state index in [0.717, 1.165) is 19.4 Å². The Morgan fingerprint density at radius 3 is 2.86 bits per heavy atom. The molecule has 1 heterocycles. The van der Waals surface area contributed by atoms with Gasteiger partial charge >= 0.3 is 6.03 Å². The predicted molar refractivity (Wildman–Crippen MR) is 88.8 cm³/mol. The predicted octanol–water partition coefficient (Wildman–Crippen LogP) is 3.07. The lowest BCUT2D eigenvalue weighted by atomic mass is 10.3. The van der Waals surface area contributed by atoms with Crippen LogP contribution in [0.5, 0.6) is 5.75 Å². The zero-order chi connectivity index (χ0) is 16.1. The molecule has 0 saturated carbocycles. The lowest BCUT2D eigenvalue weighted by Crippen LogP contribution is -2.46. The average molecular weight is 346 g/mol. The molecule has 1 aromatic rings. The third kappa shape index (κ3) is 4.66. The number of benzene rings is 1. The maximum Gasteiger partial charge on any atom is 0.320 e. The minimum absolute atomic E-state index is 0.0931. The molecule has 1 unspecified atom stereocenters. The first-order chi connectivity index (χ1) is 10.5. The second-order valence-electron chi connectivity index (χ2n) is 5.52. The van der Waals surface area contributed by atoms with Gasteiger partial charge < -0.3 is 15.0 Å². The van der Waals surface area contributed by atoms with Gasteiger partial charge in [0.1, 0.15) is 5.75 Å². The van der Waals surface area contributed by atoms with Crippen molar-refractivity contribution in [1.29, 1.82) is 0 Å². The molecule has 1 saturated heterocycles. The van der Waals surface area contributed by atoms with Crippen molar-refractivity contribution in [2.24, 2.45) is 0 Å². The number of rotatable bonds is 5. The second-order valence-corrected chi connectivity index (χ2v) is 6.33. The normalized spacial score (nSPS) is 17.9. The van der Waals surface area contributed by atoms with E-state index in [0.29, 0.717) is 28.9 Å². The summed E-state index contributed by atoms with van der Waals surface area (Å²) in [6, 6.07) is 5.03. The van der Waals surface area contributed by atoms with Crippen LogP contribution < -0.4 is 10.1 Å². The number of likely N-dealkylation sites (tertiary alicyclic amines) is 1. The first-order valence-corrected chi connectivity index (χ1v) is 8.04. The van der Waals surface area contributed by atoms with E-state index in [4.69, 9.17) is 27.9 Å². The smallest absolute Gasteiger partial charge is 0.320 e. The highest BCUT2D eigenvalue weighted by molar-refractivity contribution is 6.42. The van der Waals surface area contributed by atoms with E-state index >= 15 is 0 Å². The number of likely N-dealkylation sites (N-methyl/N-ethyl adjacent to an activating group) is 1. The Hall–Kier alpha value is -1.17. The number of carbonyl (C=O) groups is 1. The maximum atomic E-state index is 12.2. The van der Waals surface area contributed by atoms with E-state index in [2.05, 4.69) is 5.32 Å². The molecule has 122 valence electrons. The molecule has 1 aliphatic heterocycles. The third-order valence-corrected chi connectivity index (χ3v) is 4.20. The Bertz CT molecular complexity index is 526. The van der Waals surface area contributed by atoms with Crippen LogP contribution >= 0.6 is 23.2 Å². The van der Waals surface area contributed by atoms with Crippen LogP contribution in [-0.4, -0.2) is 55.8 Å². The minimum Gasteiger partial charge on any atom is -0.470 e. The number of nitrogens with zero attached hydrogens (tertiary/aromatic N) is 2. The van der Waals surface area contributed by atoms with Crippen LogP contribution in [-0.2, 0) is 0 Å². The number of halogens is 2. The molecular weight excluding hydrogens is 325 g/mol. The summed E-state index contributed by atoms with van der Waals surface area (Å²) < 4.78 is 5.88. The third-order valence-electron chi connectivity index (χ3n) is 3.46. The van der Waals surface area contributed by atoms with Crippen LogP contribution in [0.2, 0.25) is 10.0 Å². The topological polar surface area (TPSA) is 44.8 Å². The summed E-state index contributed by atoms with van der Waals surface area (Å²) >= 11 is 11.9. The number of hydrogen-bond donors (Lipinski definition) is 1. The van der Waals surface area contributed by atoms with Crippen molar-refractivity contribution in [2.45, 2.75) is 19.1 Å². The van der Waals surface area contributed by atoms with Crippen molar-refractivity contribution in [2.75, 3.05) is 33.7 Å². The van der Waals surface area contributed by atoms with Crippen molar-refractivity contribution < 1.29 is 9.53 Å². The first kappa shape index (κ1) is 17.2. The number of ether oxygens (including phenoxy) is 1. The fraction of sp³-hybridized carbons (Fsp3) is 0.533. The van der Waals surface area contributed by atoms with Gasteiger partial charge in [-0.05, 0) is 32.6 Å². The molecule has 0 radical (unpaired) electrons. The number of amides is 2. The molecule has 5 nitrogen and oxygen atoms in total. The summed E-state index contributed by atoms with van der Waals surface area (Å²) in [6.07, 6.45) is 1.46. The molecule has 2 rings (SSSR count). The number of carbonyl (C=O) groups excluding carboxylic acids is 1. The molecule has 1 aromatic carbocycles. The van der Waals surface area contributed by atoms with Crippen LogP contribution in [0.1, 0.15) is 12.8 Å². The molecule has 2 amide bonds. The molecule has 1 N–H and O–H groups in total. The summed E-state index contributed by atoms with van der Waals surface area (Å²) in [5, 5.41) is 3.84. The Balaban J connectivity index is 1.92. The molecule has 1 aliphatic rings. The SMILES string of the molecule is CN(C)CCNC(=O)N1CCCC1Oc1ccc(Cl)c(Cl)c1. The van der Waals surface area contributed by atoms with Crippen molar-refractivity contribution in [3.05, 3.63) is 28.2 Å². The fourth-order valence-corrected chi connectivity index (χ4v) is 2.57. The standard InChI is InChI=1S/C15H21Cl2N3O2/c1-19(2)9-7-18-15(21)20-8-3-4-14(20)22-11-5-6-12(16)13(17)10-11/h5-6,10,14H,3-4,7-9H2,1-2H3,(H,18,21). The van der Waals surface area contributed by atoms with Crippen molar-refractivity contribution in [3.63, 3.8) is 0 Å². The highest BCUT2D eigenvalue weighted by Gasteiger charge is 2.30. The molecular formula is C15H21Cl2N3O2. The van der Waals surface area contributed by atoms with E-state index < -0.39 is 0 Å². The van der Waals surface area contributed by atoms with Crippen molar-refractivity contribution in [3.8, 4) is 5.75 Å². The van der Waals surface area contributed by atoms with Gasteiger partial charge in [-0.3, -0.25) is 4.90 Å². The van der Waals surface area contributed by atoms with Gasteiger partial charge in [0.2, 0.25) is 0 Å². The van der Waals surface area contributed by atoms with E-state index in [1.807, 2.05) is 19.0 Å². The highest BCUT2D eigenvalue weighted by atomic mass is 35.5. The van der Waals surface area contributed by atoms with Gasteiger partial charge in [0.25, 0.3) is 0 Å². The Morgan fingerprint density at radius 1 is 1.41 bits per heavy atom. The molecule has 0 aromatic heterocycles. The highest BCUT2D eigenvalue weighted by Crippen LogP contribution is 2.29. The largest absolute Gasteiger partial charge is 0.470 e. The lowest BCUT2D eigenvalue weighted by molar-refractivity contribution is 0.0820. The zero-order valence-electron chi connectivity index (χ0n) is 12.8. The van der Waals surface area contributed by atoms with E-state index in [9.17, 15) is 4.79 Å². The van der Waals surface area contributed by atoms with Crippen molar-refractivity contribution >= 4 is 29.2 Å². The first-order valence-electron chi connectivity index (χ1n) is 7.28. The summed E-state index contributed by atoms with van der Waals surface area (Å²) in [5.41, 5.74) is 0. The van der Waals surface area contributed by atoms with E-state index in [-0.39, 0.29) is 12.3 Å². The van der Waals surface area contributed by atoms with Crippen LogP contribution in [0.25, 0.3) is 0 Å². The second kappa shape index (κ2) is 7.90. The van der Waals surface area contributed by atoms with Gasteiger partial charge in [-0.25, -0.2) is 4.79 Å². The number of hydrogen-bond acceptors (Lipinski definition) is 3. The molecule has 22 heavy (non-hydrogen) atoms. The summed E-state index contributed by atoms with van der Waals surface area (Å²) in [7, 11) is 3.94. The molecule has 1 fully saturated rings. The van der Waals surface area contributed by atoms with Gasteiger partial charge in [0.05, 0.1) is 10.0 Å². The molecule has 0 aliphatic carbocycles. The quantitative estimate of drug-likeness (QED) is 0.891. The Labute approximate surface area is 141 Å². The summed E-state index contributed by atoms with van der Waals surface area (Å²) in [5.74, 6) is 0.618. The fourth-order valence-electron chi connectivity index (χ4n) is 2.29. The number of nitrogens with one attached hydrogen (secondary N) is 1. The average Bonchev–Trinajstić information content (AvgIpc) is 2.90.